The lowest BCUT2D eigenvalue weighted by atomic mass is 10.0. The summed E-state index contributed by atoms with van der Waals surface area (Å²) in [6.07, 6.45) is 0.893. The number of anilines is 1. The summed E-state index contributed by atoms with van der Waals surface area (Å²) in [7, 11) is 0. The van der Waals surface area contributed by atoms with Gasteiger partial charge in [0.15, 0.2) is 0 Å². The summed E-state index contributed by atoms with van der Waals surface area (Å²) in [4.78, 5) is 2.41. The largest absolute Gasteiger partial charge is 0.393 e. The van der Waals surface area contributed by atoms with E-state index in [1.165, 1.54) is 16.8 Å². The van der Waals surface area contributed by atoms with Crippen LogP contribution in [0.15, 0.2) is 18.2 Å². The molecule has 0 bridgehead atoms. The Balaban J connectivity index is 1.96. The molecule has 0 aromatic heterocycles. The highest BCUT2D eigenvalue weighted by Gasteiger charge is 2.26. The number of benzene rings is 1. The van der Waals surface area contributed by atoms with Gasteiger partial charge in [-0.3, -0.25) is 0 Å². The summed E-state index contributed by atoms with van der Waals surface area (Å²) in [5.41, 5.74) is 4.01. The molecule has 1 aliphatic rings. The molecule has 1 aromatic rings. The first-order valence-electron chi connectivity index (χ1n) is 8.20. The lowest BCUT2D eigenvalue weighted by Crippen LogP contribution is -2.24. The van der Waals surface area contributed by atoms with Crippen LogP contribution in [0.5, 0.6) is 0 Å². The Morgan fingerprint density at radius 3 is 2.67 bits per heavy atom. The van der Waals surface area contributed by atoms with Crippen LogP contribution in [0, 0.1) is 18.8 Å². The van der Waals surface area contributed by atoms with Crippen molar-refractivity contribution >= 4 is 5.69 Å². The molecule has 0 radical (unpaired) electrons. The van der Waals surface area contributed by atoms with Gasteiger partial charge >= 0.3 is 0 Å². The number of hydrogen-bond donors (Lipinski definition) is 2. The van der Waals surface area contributed by atoms with Gasteiger partial charge in [-0.1, -0.05) is 26.0 Å². The Labute approximate surface area is 129 Å². The Hall–Kier alpha value is -1.06. The molecule has 3 nitrogen and oxygen atoms in total. The smallest absolute Gasteiger partial charge is 0.0557 e. The van der Waals surface area contributed by atoms with Crippen molar-refractivity contribution < 1.29 is 5.11 Å². The zero-order valence-electron chi connectivity index (χ0n) is 13.9. The van der Waals surface area contributed by atoms with Gasteiger partial charge in [-0.15, -0.1) is 0 Å². The van der Waals surface area contributed by atoms with E-state index in [2.05, 4.69) is 49.2 Å². The molecule has 1 aliphatic heterocycles. The van der Waals surface area contributed by atoms with Crippen LogP contribution in [0.4, 0.5) is 5.69 Å². The quantitative estimate of drug-likeness (QED) is 0.845. The van der Waals surface area contributed by atoms with Crippen molar-refractivity contribution in [2.45, 2.75) is 46.8 Å². The van der Waals surface area contributed by atoms with Crippen LogP contribution in [-0.4, -0.2) is 30.8 Å². The zero-order valence-corrected chi connectivity index (χ0v) is 13.9. The molecule has 2 atom stereocenters. The van der Waals surface area contributed by atoms with Gasteiger partial charge in [0.2, 0.25) is 0 Å². The van der Waals surface area contributed by atoms with Crippen LogP contribution < -0.4 is 10.2 Å². The van der Waals surface area contributed by atoms with E-state index in [0.29, 0.717) is 11.8 Å². The van der Waals surface area contributed by atoms with Gasteiger partial charge < -0.3 is 15.3 Å². The molecule has 1 aromatic carbocycles. The molecule has 2 rings (SSSR count). The van der Waals surface area contributed by atoms with E-state index in [1.54, 1.807) is 0 Å². The van der Waals surface area contributed by atoms with E-state index in [4.69, 9.17) is 0 Å². The minimum Gasteiger partial charge on any atom is -0.393 e. The molecule has 0 aliphatic carbocycles. The summed E-state index contributed by atoms with van der Waals surface area (Å²) < 4.78 is 0. The van der Waals surface area contributed by atoms with Gasteiger partial charge in [0.1, 0.15) is 0 Å². The first kappa shape index (κ1) is 16.3. The molecule has 1 fully saturated rings. The normalized spacial score (nSPS) is 20.3. The predicted octanol–water partition coefficient (Wildman–Crippen LogP) is 2.95. The second-order valence-electron chi connectivity index (χ2n) is 6.88. The lowest BCUT2D eigenvalue weighted by Gasteiger charge is -2.22. The molecule has 1 saturated heterocycles. The second kappa shape index (κ2) is 7.28. The number of aryl methyl sites for hydroxylation is 1. The van der Waals surface area contributed by atoms with Gasteiger partial charge in [-0.05, 0) is 49.9 Å². The zero-order chi connectivity index (χ0) is 15.4. The summed E-state index contributed by atoms with van der Waals surface area (Å²) in [5.74, 6) is 1.10. The molecule has 2 unspecified atom stereocenters. The van der Waals surface area contributed by atoms with Crippen LogP contribution >= 0.6 is 0 Å². The van der Waals surface area contributed by atoms with Crippen molar-refractivity contribution in [1.82, 2.24) is 5.32 Å². The van der Waals surface area contributed by atoms with Gasteiger partial charge in [0.25, 0.3) is 0 Å². The second-order valence-corrected chi connectivity index (χ2v) is 6.88. The van der Waals surface area contributed by atoms with Crippen molar-refractivity contribution in [1.29, 1.82) is 0 Å². The minimum atomic E-state index is -0.199. The lowest BCUT2D eigenvalue weighted by molar-refractivity contribution is 0.136. The molecule has 0 amide bonds. The standard InChI is InChI=1S/C18H30N2O/c1-13(2)10-19-11-16-5-6-18(14(3)9-16)20-8-7-17(12-20)15(4)21/h5-6,9,13,15,17,19,21H,7-8,10-12H2,1-4H3. The maximum Gasteiger partial charge on any atom is 0.0557 e. The fourth-order valence-electron chi connectivity index (χ4n) is 3.09. The molecule has 21 heavy (non-hydrogen) atoms. The Morgan fingerprint density at radius 2 is 2.10 bits per heavy atom. The van der Waals surface area contributed by atoms with Crippen LogP contribution in [0.25, 0.3) is 0 Å². The third kappa shape index (κ3) is 4.45. The van der Waals surface area contributed by atoms with Gasteiger partial charge in [-0.25, -0.2) is 0 Å². The SMILES string of the molecule is Cc1cc(CNCC(C)C)ccc1N1CCC(C(C)O)C1. The van der Waals surface area contributed by atoms with Crippen LogP contribution in [0.2, 0.25) is 0 Å². The molecular weight excluding hydrogens is 260 g/mol. The van der Waals surface area contributed by atoms with E-state index < -0.39 is 0 Å². The van der Waals surface area contributed by atoms with Crippen molar-refractivity contribution in [3.8, 4) is 0 Å². The summed E-state index contributed by atoms with van der Waals surface area (Å²) in [6, 6.07) is 6.76. The number of aliphatic hydroxyl groups is 1. The highest BCUT2D eigenvalue weighted by molar-refractivity contribution is 5.55. The molecule has 118 valence electrons. The topological polar surface area (TPSA) is 35.5 Å². The third-order valence-electron chi connectivity index (χ3n) is 4.39. The van der Waals surface area contributed by atoms with Crippen molar-refractivity contribution in [3.05, 3.63) is 29.3 Å². The van der Waals surface area contributed by atoms with E-state index >= 15 is 0 Å². The maximum absolute atomic E-state index is 9.74. The molecule has 3 heteroatoms. The summed E-state index contributed by atoms with van der Waals surface area (Å²) >= 11 is 0. The maximum atomic E-state index is 9.74. The average molecular weight is 290 g/mol. The number of hydrogen-bond acceptors (Lipinski definition) is 3. The van der Waals surface area contributed by atoms with Crippen LogP contribution in [-0.2, 0) is 6.54 Å². The Morgan fingerprint density at radius 1 is 1.33 bits per heavy atom. The van der Waals surface area contributed by atoms with E-state index in [1.807, 2.05) is 6.92 Å². The Kier molecular flexibility index (Phi) is 5.65. The van der Waals surface area contributed by atoms with E-state index in [-0.39, 0.29) is 6.10 Å². The Bertz CT molecular complexity index is 457. The predicted molar refractivity (Wildman–Crippen MR) is 89.7 cm³/mol. The van der Waals surface area contributed by atoms with Gasteiger partial charge in [0, 0.05) is 31.2 Å². The summed E-state index contributed by atoms with van der Waals surface area (Å²) in [5, 5.41) is 13.2. The number of rotatable bonds is 6. The fourth-order valence-corrected chi connectivity index (χ4v) is 3.09. The number of aliphatic hydroxyl groups excluding tert-OH is 1. The fraction of sp³-hybridized carbons (Fsp3) is 0.667. The highest BCUT2D eigenvalue weighted by Crippen LogP contribution is 2.28. The monoisotopic (exact) mass is 290 g/mol. The van der Waals surface area contributed by atoms with E-state index in [0.717, 1.165) is 32.6 Å². The molecule has 1 heterocycles. The van der Waals surface area contributed by atoms with Crippen molar-refractivity contribution in [3.63, 3.8) is 0 Å². The van der Waals surface area contributed by atoms with Crippen LogP contribution in [0.3, 0.4) is 0 Å². The molecule has 0 spiro atoms. The minimum absolute atomic E-state index is 0.199. The number of nitrogens with one attached hydrogen (secondary N) is 1. The van der Waals surface area contributed by atoms with Gasteiger partial charge in [0.05, 0.1) is 6.10 Å². The van der Waals surface area contributed by atoms with Crippen molar-refractivity contribution in [2.75, 3.05) is 24.5 Å². The molecular formula is C18H30N2O. The third-order valence-corrected chi connectivity index (χ3v) is 4.39. The first-order chi connectivity index (χ1) is 9.97. The first-order valence-corrected chi connectivity index (χ1v) is 8.20. The molecule has 0 saturated carbocycles. The van der Waals surface area contributed by atoms with E-state index in [9.17, 15) is 5.11 Å². The average Bonchev–Trinajstić information content (AvgIpc) is 2.88. The molecule has 2 N–H and O–H groups in total. The number of nitrogens with zero attached hydrogens (tertiary/aromatic N) is 1. The highest BCUT2D eigenvalue weighted by atomic mass is 16.3. The van der Waals surface area contributed by atoms with Crippen molar-refractivity contribution in [2.24, 2.45) is 11.8 Å². The van der Waals surface area contributed by atoms with Crippen LogP contribution in [0.1, 0.15) is 38.3 Å². The summed E-state index contributed by atoms with van der Waals surface area (Å²) in [6.45, 7) is 12.6. The van der Waals surface area contributed by atoms with Gasteiger partial charge in [-0.2, -0.15) is 0 Å².